The fourth-order valence-corrected chi connectivity index (χ4v) is 5.16. The number of aromatic nitrogens is 4. The minimum absolute atomic E-state index is 0.198. The summed E-state index contributed by atoms with van der Waals surface area (Å²) in [6.07, 6.45) is 5.43. The number of aryl methyl sites for hydroxylation is 2. The van der Waals surface area contributed by atoms with Gasteiger partial charge in [0.1, 0.15) is 17.3 Å². The summed E-state index contributed by atoms with van der Waals surface area (Å²) >= 11 is 0. The van der Waals surface area contributed by atoms with E-state index in [2.05, 4.69) is 55.3 Å². The number of pyridine rings is 1. The van der Waals surface area contributed by atoms with E-state index < -0.39 is 0 Å². The van der Waals surface area contributed by atoms with Crippen molar-refractivity contribution in [1.29, 1.82) is 0 Å². The Morgan fingerprint density at radius 3 is 2.76 bits per heavy atom. The lowest BCUT2D eigenvalue weighted by molar-refractivity contribution is -0.119. The van der Waals surface area contributed by atoms with E-state index >= 15 is 0 Å². The predicted molar refractivity (Wildman–Crippen MR) is 129 cm³/mol. The van der Waals surface area contributed by atoms with Gasteiger partial charge in [-0.15, -0.1) is 0 Å². The van der Waals surface area contributed by atoms with Gasteiger partial charge < -0.3 is 4.40 Å². The molecule has 1 amide bonds. The predicted octanol–water partition coefficient (Wildman–Crippen LogP) is 4.06. The lowest BCUT2D eigenvalue weighted by Crippen LogP contribution is -2.38. The lowest BCUT2D eigenvalue weighted by atomic mass is 10.0. The molecule has 7 heteroatoms. The van der Waals surface area contributed by atoms with Crippen LogP contribution >= 0.6 is 0 Å². The van der Waals surface area contributed by atoms with Gasteiger partial charge in [-0.1, -0.05) is 19.9 Å². The molecule has 1 saturated heterocycles. The molecule has 33 heavy (non-hydrogen) atoms. The Morgan fingerprint density at radius 2 is 1.94 bits per heavy atom. The van der Waals surface area contributed by atoms with Gasteiger partial charge in [-0.3, -0.25) is 14.6 Å². The Hall–Kier alpha value is -2.80. The Morgan fingerprint density at radius 1 is 1.09 bits per heavy atom. The molecule has 0 radical (unpaired) electrons. The van der Waals surface area contributed by atoms with Crippen LogP contribution in [-0.4, -0.2) is 49.8 Å². The van der Waals surface area contributed by atoms with Crippen LogP contribution in [0.5, 0.6) is 0 Å². The van der Waals surface area contributed by atoms with Crippen molar-refractivity contribution in [3.8, 4) is 0 Å². The molecular weight excluding hydrogens is 412 g/mol. The minimum atomic E-state index is 0.198. The summed E-state index contributed by atoms with van der Waals surface area (Å²) in [4.78, 5) is 31.8. The van der Waals surface area contributed by atoms with Crippen molar-refractivity contribution >= 4 is 17.4 Å². The smallest absolute Gasteiger partial charge is 0.228 e. The summed E-state index contributed by atoms with van der Waals surface area (Å²) in [5, 5.41) is 0. The first-order valence-electron chi connectivity index (χ1n) is 12.2. The monoisotopic (exact) mass is 446 g/mol. The van der Waals surface area contributed by atoms with Crippen molar-refractivity contribution in [3.63, 3.8) is 0 Å². The summed E-state index contributed by atoms with van der Waals surface area (Å²) in [7, 11) is 0. The third-order valence-corrected chi connectivity index (χ3v) is 7.12. The summed E-state index contributed by atoms with van der Waals surface area (Å²) in [5.74, 6) is 2.80. The normalized spacial score (nSPS) is 19.1. The molecule has 5 rings (SSSR count). The molecule has 0 aromatic carbocycles. The summed E-state index contributed by atoms with van der Waals surface area (Å²) in [6.45, 7) is 12.1. The van der Waals surface area contributed by atoms with Crippen LogP contribution in [0.2, 0.25) is 0 Å². The number of hydrogen-bond donors (Lipinski definition) is 0. The van der Waals surface area contributed by atoms with Crippen LogP contribution < -0.4 is 4.90 Å². The molecule has 0 saturated carbocycles. The number of imidazole rings is 1. The first kappa shape index (κ1) is 22.0. The highest BCUT2D eigenvalue weighted by atomic mass is 16.2. The molecule has 3 aromatic rings. The van der Waals surface area contributed by atoms with Gasteiger partial charge in [0.2, 0.25) is 5.91 Å². The van der Waals surface area contributed by atoms with Crippen LogP contribution in [0, 0.1) is 19.8 Å². The van der Waals surface area contributed by atoms with Crippen LogP contribution in [0.15, 0.2) is 24.4 Å². The van der Waals surface area contributed by atoms with Crippen molar-refractivity contribution in [2.45, 2.75) is 65.8 Å². The zero-order valence-electron chi connectivity index (χ0n) is 20.2. The SMILES string of the molecule is Cc1nc([C@H]2CCN(Cc3c(C)nc4ccccn34)C2)nc2c1CCC(=O)N2CCC(C)C. The molecule has 0 aliphatic carbocycles. The van der Waals surface area contributed by atoms with Gasteiger partial charge >= 0.3 is 0 Å². The highest BCUT2D eigenvalue weighted by molar-refractivity contribution is 5.95. The van der Waals surface area contributed by atoms with Gasteiger partial charge in [-0.25, -0.2) is 15.0 Å². The molecule has 5 heterocycles. The van der Waals surface area contributed by atoms with E-state index in [-0.39, 0.29) is 11.8 Å². The largest absolute Gasteiger partial charge is 0.302 e. The fraction of sp³-hybridized carbons (Fsp3) is 0.538. The molecule has 0 unspecified atom stereocenters. The molecular formula is C26H34N6O. The van der Waals surface area contributed by atoms with Crippen molar-refractivity contribution in [2.24, 2.45) is 5.92 Å². The molecule has 2 aliphatic heterocycles. The molecule has 7 nitrogen and oxygen atoms in total. The highest BCUT2D eigenvalue weighted by Crippen LogP contribution is 2.33. The Labute approximate surface area is 195 Å². The van der Waals surface area contributed by atoms with Gasteiger partial charge in [0.05, 0.1) is 11.4 Å². The number of nitrogens with zero attached hydrogens (tertiary/aromatic N) is 6. The van der Waals surface area contributed by atoms with E-state index in [1.54, 1.807) is 0 Å². The molecule has 174 valence electrons. The van der Waals surface area contributed by atoms with Crippen molar-refractivity contribution in [1.82, 2.24) is 24.3 Å². The summed E-state index contributed by atoms with van der Waals surface area (Å²) in [5.41, 5.74) is 5.52. The molecule has 0 bridgehead atoms. The van der Waals surface area contributed by atoms with Crippen molar-refractivity contribution in [3.05, 3.63) is 52.9 Å². The van der Waals surface area contributed by atoms with Gasteiger partial charge in [-0.2, -0.15) is 0 Å². The Bertz CT molecular complexity index is 1180. The van der Waals surface area contributed by atoms with Gasteiger partial charge in [0, 0.05) is 49.4 Å². The van der Waals surface area contributed by atoms with Crippen LogP contribution in [-0.2, 0) is 17.8 Å². The summed E-state index contributed by atoms with van der Waals surface area (Å²) < 4.78 is 2.19. The Balaban J connectivity index is 1.36. The summed E-state index contributed by atoms with van der Waals surface area (Å²) in [6, 6.07) is 6.14. The van der Waals surface area contributed by atoms with Crippen LogP contribution in [0.25, 0.3) is 5.65 Å². The number of fused-ring (bicyclic) bond motifs is 2. The van der Waals surface area contributed by atoms with E-state index in [0.717, 1.165) is 79.7 Å². The average Bonchev–Trinajstić information content (AvgIpc) is 3.37. The van der Waals surface area contributed by atoms with Crippen LogP contribution in [0.1, 0.15) is 67.5 Å². The van der Waals surface area contributed by atoms with E-state index in [1.807, 2.05) is 11.0 Å². The maximum atomic E-state index is 12.7. The van der Waals surface area contributed by atoms with E-state index in [9.17, 15) is 4.79 Å². The number of anilines is 1. The van der Waals surface area contributed by atoms with E-state index in [4.69, 9.17) is 15.0 Å². The number of carbonyl (C=O) groups is 1. The quantitative estimate of drug-likeness (QED) is 0.571. The van der Waals surface area contributed by atoms with Crippen molar-refractivity contribution in [2.75, 3.05) is 24.5 Å². The third-order valence-electron chi connectivity index (χ3n) is 7.12. The lowest BCUT2D eigenvalue weighted by Gasteiger charge is -2.30. The second kappa shape index (κ2) is 8.86. The second-order valence-corrected chi connectivity index (χ2v) is 9.99. The van der Waals surface area contributed by atoms with Crippen LogP contribution in [0.4, 0.5) is 5.82 Å². The van der Waals surface area contributed by atoms with Crippen LogP contribution in [0.3, 0.4) is 0 Å². The number of hydrogen-bond acceptors (Lipinski definition) is 5. The number of amides is 1. The third kappa shape index (κ3) is 4.26. The van der Waals surface area contributed by atoms with E-state index in [0.29, 0.717) is 12.3 Å². The minimum Gasteiger partial charge on any atom is -0.302 e. The molecule has 3 aromatic heterocycles. The average molecular weight is 447 g/mol. The molecule has 1 atom stereocenters. The second-order valence-electron chi connectivity index (χ2n) is 9.99. The topological polar surface area (TPSA) is 66.6 Å². The number of likely N-dealkylation sites (tertiary alicyclic amines) is 1. The van der Waals surface area contributed by atoms with Crippen molar-refractivity contribution < 1.29 is 4.79 Å². The zero-order valence-corrected chi connectivity index (χ0v) is 20.2. The van der Waals surface area contributed by atoms with Gasteiger partial charge in [-0.05, 0) is 57.7 Å². The first-order valence-corrected chi connectivity index (χ1v) is 12.2. The maximum absolute atomic E-state index is 12.7. The van der Waals surface area contributed by atoms with Gasteiger partial charge in [0.15, 0.2) is 0 Å². The first-order chi connectivity index (χ1) is 15.9. The highest BCUT2D eigenvalue weighted by Gasteiger charge is 2.32. The van der Waals surface area contributed by atoms with E-state index in [1.165, 1.54) is 5.69 Å². The Kier molecular flexibility index (Phi) is 5.91. The molecule has 1 fully saturated rings. The maximum Gasteiger partial charge on any atom is 0.228 e. The van der Waals surface area contributed by atoms with Gasteiger partial charge in [0.25, 0.3) is 0 Å². The molecule has 2 aliphatic rings. The number of carbonyl (C=O) groups excluding carboxylic acids is 1. The zero-order chi connectivity index (χ0) is 23.1. The fourth-order valence-electron chi connectivity index (χ4n) is 5.16. The molecule has 0 spiro atoms. The molecule has 0 N–H and O–H groups in total. The number of rotatable bonds is 6. The standard InChI is InChI=1S/C26H34N6O/c1-17(2)10-14-32-24(33)9-8-21-18(3)28-25(29-26(21)32)20-11-13-30(15-20)16-22-19(4)27-23-7-5-6-12-31(22)23/h5-7,12,17,20H,8-11,13-16H2,1-4H3/t20-/m0/s1.